The average molecular weight is 390 g/mol. The average Bonchev–Trinajstić information content (AvgIpc) is 3.19. The number of carbonyl (C=O) groups excluding carboxylic acids is 1. The molecule has 1 atom stereocenters. The number of carbonyl (C=O) groups is 1. The predicted molar refractivity (Wildman–Crippen MR) is 126 cm³/mol. The number of aryl methyl sites for hydroxylation is 1. The summed E-state index contributed by atoms with van der Waals surface area (Å²) in [6.07, 6.45) is 7.34. The van der Waals surface area contributed by atoms with Gasteiger partial charge in [0.05, 0.1) is 0 Å². The molecule has 0 saturated carbocycles. The van der Waals surface area contributed by atoms with Crippen molar-refractivity contribution >= 4 is 16.9 Å². The molecular formula is C27H35NO. The largest absolute Gasteiger partial charge is 0.361 e. The minimum absolute atomic E-state index is 0.0511. The fourth-order valence-corrected chi connectivity index (χ4v) is 3.61. The normalized spacial score (nSPS) is 12.6. The van der Waals surface area contributed by atoms with Gasteiger partial charge in [-0.2, -0.15) is 0 Å². The van der Waals surface area contributed by atoms with E-state index in [0.717, 1.165) is 40.0 Å². The van der Waals surface area contributed by atoms with Crippen LogP contribution in [0.2, 0.25) is 0 Å². The first-order valence-corrected chi connectivity index (χ1v) is 10.6. The van der Waals surface area contributed by atoms with Crippen LogP contribution in [-0.4, -0.2) is 10.8 Å². The van der Waals surface area contributed by atoms with E-state index in [1.165, 1.54) is 18.4 Å². The van der Waals surface area contributed by atoms with Crippen molar-refractivity contribution in [1.29, 1.82) is 0 Å². The van der Waals surface area contributed by atoms with Gasteiger partial charge in [-0.05, 0) is 62.8 Å². The summed E-state index contributed by atoms with van der Waals surface area (Å²) < 4.78 is 0. The lowest BCUT2D eigenvalue weighted by molar-refractivity contribution is 0.103. The molecule has 2 heteroatoms. The zero-order valence-electron chi connectivity index (χ0n) is 18.9. The molecule has 0 fully saturated rings. The van der Waals surface area contributed by atoms with Gasteiger partial charge in [0, 0.05) is 23.0 Å². The monoisotopic (exact) mass is 389 g/mol. The van der Waals surface area contributed by atoms with Crippen LogP contribution in [0.4, 0.5) is 0 Å². The summed E-state index contributed by atoms with van der Waals surface area (Å²) in [7, 11) is 0. The molecule has 154 valence electrons. The van der Waals surface area contributed by atoms with E-state index in [1.54, 1.807) is 0 Å². The van der Waals surface area contributed by atoms with Crippen molar-refractivity contribution in [2.24, 2.45) is 5.92 Å². The lowest BCUT2D eigenvalue weighted by Crippen LogP contribution is -2.07. The third-order valence-electron chi connectivity index (χ3n) is 5.52. The molecule has 0 amide bonds. The fraction of sp³-hybridized carbons (Fsp3) is 0.370. The molecular weight excluding hydrogens is 354 g/mol. The Labute approximate surface area is 176 Å². The number of ketones is 1. The quantitative estimate of drug-likeness (QED) is 0.265. The highest BCUT2D eigenvalue weighted by Crippen LogP contribution is 2.31. The van der Waals surface area contributed by atoms with Gasteiger partial charge in [0.25, 0.3) is 0 Å². The summed E-state index contributed by atoms with van der Waals surface area (Å²) in [4.78, 5) is 16.7. The van der Waals surface area contributed by atoms with Crippen LogP contribution in [0.1, 0.15) is 81.1 Å². The van der Waals surface area contributed by atoms with Gasteiger partial charge in [-0.25, -0.2) is 0 Å². The number of aromatic nitrogens is 1. The van der Waals surface area contributed by atoms with Gasteiger partial charge < -0.3 is 4.98 Å². The van der Waals surface area contributed by atoms with Crippen LogP contribution in [0.15, 0.2) is 60.3 Å². The van der Waals surface area contributed by atoms with Gasteiger partial charge in [0.1, 0.15) is 0 Å². The van der Waals surface area contributed by atoms with Gasteiger partial charge in [0.2, 0.25) is 0 Å². The SMILES string of the molecule is C=C(c1cc(C(=O)C(=C(C)C)/C(=C\C)c2ccc(C)cc2)c[nH]1)C(C)CCCC. The number of unbranched alkanes of at least 4 members (excludes halogenated alkanes) is 1. The van der Waals surface area contributed by atoms with Crippen molar-refractivity contribution in [3.05, 3.63) is 82.7 Å². The van der Waals surface area contributed by atoms with Crippen molar-refractivity contribution in [1.82, 2.24) is 4.98 Å². The van der Waals surface area contributed by atoms with Crippen LogP contribution < -0.4 is 0 Å². The van der Waals surface area contributed by atoms with Crippen molar-refractivity contribution in [2.45, 2.75) is 60.8 Å². The summed E-state index contributed by atoms with van der Waals surface area (Å²) in [6, 6.07) is 10.3. The third-order valence-corrected chi connectivity index (χ3v) is 5.52. The second-order valence-electron chi connectivity index (χ2n) is 8.14. The maximum Gasteiger partial charge on any atom is 0.195 e. The maximum absolute atomic E-state index is 13.5. The molecule has 1 heterocycles. The van der Waals surface area contributed by atoms with E-state index in [1.807, 2.05) is 39.1 Å². The van der Waals surface area contributed by atoms with Crippen LogP contribution in [0, 0.1) is 12.8 Å². The van der Waals surface area contributed by atoms with Crippen LogP contribution in [0.3, 0.4) is 0 Å². The Morgan fingerprint density at radius 1 is 1.17 bits per heavy atom. The van der Waals surface area contributed by atoms with Crippen molar-refractivity contribution in [2.75, 3.05) is 0 Å². The summed E-state index contributed by atoms with van der Waals surface area (Å²) in [6.45, 7) is 16.8. The zero-order valence-corrected chi connectivity index (χ0v) is 18.9. The van der Waals surface area contributed by atoms with Gasteiger partial charge in [-0.3, -0.25) is 4.79 Å². The molecule has 2 rings (SSSR count). The summed E-state index contributed by atoms with van der Waals surface area (Å²) in [5.74, 6) is 0.452. The molecule has 2 aromatic rings. The second kappa shape index (κ2) is 10.2. The summed E-state index contributed by atoms with van der Waals surface area (Å²) in [5.41, 5.74) is 7.76. The maximum atomic E-state index is 13.5. The van der Waals surface area contributed by atoms with Gasteiger partial charge >= 0.3 is 0 Å². The van der Waals surface area contributed by atoms with Gasteiger partial charge in [0.15, 0.2) is 5.78 Å². The second-order valence-corrected chi connectivity index (χ2v) is 8.14. The standard InChI is InChI=1S/C27H35NO/c1-8-10-11-20(6)21(7)25-16-23(17-28-25)27(29)26(18(3)4)24(9-2)22-14-12-19(5)13-15-22/h9,12-17,20,28H,7-8,10-11H2,1-6H3/b24-9-. The van der Waals surface area contributed by atoms with Gasteiger partial charge in [-0.15, -0.1) is 0 Å². The Morgan fingerprint density at radius 3 is 2.38 bits per heavy atom. The first-order chi connectivity index (χ1) is 13.8. The molecule has 0 aliphatic rings. The number of allylic oxidation sites excluding steroid dienone is 5. The molecule has 1 unspecified atom stereocenters. The summed E-state index contributed by atoms with van der Waals surface area (Å²) >= 11 is 0. The fourth-order valence-electron chi connectivity index (χ4n) is 3.61. The molecule has 0 radical (unpaired) electrons. The molecule has 1 aromatic heterocycles. The van der Waals surface area contributed by atoms with E-state index in [-0.39, 0.29) is 5.78 Å². The van der Waals surface area contributed by atoms with E-state index >= 15 is 0 Å². The molecule has 0 bridgehead atoms. The molecule has 0 aliphatic carbocycles. The summed E-state index contributed by atoms with van der Waals surface area (Å²) in [5, 5.41) is 0. The highest BCUT2D eigenvalue weighted by atomic mass is 16.1. The zero-order chi connectivity index (χ0) is 21.6. The van der Waals surface area contributed by atoms with Gasteiger partial charge in [-0.1, -0.05) is 74.7 Å². The molecule has 1 aromatic carbocycles. The predicted octanol–water partition coefficient (Wildman–Crippen LogP) is 7.79. The van der Waals surface area contributed by atoms with Crippen LogP contribution in [-0.2, 0) is 0 Å². The van der Waals surface area contributed by atoms with Crippen LogP contribution in [0.5, 0.6) is 0 Å². The van der Waals surface area contributed by atoms with Crippen molar-refractivity contribution < 1.29 is 4.79 Å². The lowest BCUT2D eigenvalue weighted by Gasteiger charge is -2.14. The number of hydrogen-bond donors (Lipinski definition) is 1. The van der Waals surface area contributed by atoms with Crippen LogP contribution >= 0.6 is 0 Å². The molecule has 0 saturated heterocycles. The highest BCUT2D eigenvalue weighted by molar-refractivity contribution is 6.19. The Bertz CT molecular complexity index is 918. The number of benzene rings is 1. The number of hydrogen-bond acceptors (Lipinski definition) is 1. The number of rotatable bonds is 9. The minimum atomic E-state index is 0.0511. The molecule has 29 heavy (non-hydrogen) atoms. The first-order valence-electron chi connectivity index (χ1n) is 10.6. The third kappa shape index (κ3) is 5.47. The lowest BCUT2D eigenvalue weighted by atomic mass is 9.88. The minimum Gasteiger partial charge on any atom is -0.361 e. The van der Waals surface area contributed by atoms with Crippen LogP contribution in [0.25, 0.3) is 11.1 Å². The molecule has 1 N–H and O–H groups in total. The number of Topliss-reactive ketones (excluding diaryl/α,β-unsaturated/α-hetero) is 1. The van der Waals surface area contributed by atoms with E-state index in [4.69, 9.17) is 0 Å². The van der Waals surface area contributed by atoms with E-state index in [0.29, 0.717) is 11.5 Å². The Morgan fingerprint density at radius 2 is 1.83 bits per heavy atom. The Kier molecular flexibility index (Phi) is 8.01. The smallest absolute Gasteiger partial charge is 0.195 e. The Balaban J connectivity index is 2.33. The first kappa shape index (κ1) is 22.7. The molecule has 0 spiro atoms. The number of nitrogens with one attached hydrogen (secondary N) is 1. The van der Waals surface area contributed by atoms with Crippen molar-refractivity contribution in [3.63, 3.8) is 0 Å². The van der Waals surface area contributed by atoms with E-state index in [2.05, 4.69) is 56.6 Å². The van der Waals surface area contributed by atoms with Crippen molar-refractivity contribution in [3.8, 4) is 0 Å². The highest BCUT2D eigenvalue weighted by Gasteiger charge is 2.21. The number of aromatic amines is 1. The Hall–Kier alpha value is -2.61. The van der Waals surface area contributed by atoms with E-state index in [9.17, 15) is 4.79 Å². The van der Waals surface area contributed by atoms with E-state index < -0.39 is 0 Å². The molecule has 2 nitrogen and oxygen atoms in total. The topological polar surface area (TPSA) is 32.9 Å². The molecule has 0 aliphatic heterocycles. The number of H-pyrrole nitrogens is 1.